The van der Waals surface area contributed by atoms with Crippen LogP contribution in [0.4, 0.5) is 4.39 Å². The van der Waals surface area contributed by atoms with Gasteiger partial charge >= 0.3 is 5.97 Å². The fraction of sp³-hybridized carbons (Fsp3) is 0.429. The molecule has 2 aromatic rings. The van der Waals surface area contributed by atoms with E-state index < -0.39 is 5.97 Å². The van der Waals surface area contributed by atoms with Crippen LogP contribution < -0.4 is 0 Å². The van der Waals surface area contributed by atoms with Gasteiger partial charge in [-0.2, -0.15) is 0 Å². The van der Waals surface area contributed by atoms with Gasteiger partial charge in [0.25, 0.3) is 0 Å². The van der Waals surface area contributed by atoms with E-state index in [4.69, 9.17) is 21.3 Å². The van der Waals surface area contributed by atoms with E-state index in [9.17, 15) is 9.18 Å². The number of alkyl halides is 1. The van der Waals surface area contributed by atoms with Crippen LogP contribution in [0.2, 0.25) is 0 Å². The summed E-state index contributed by atoms with van der Waals surface area (Å²) in [4.78, 5) is 17.6. The monoisotopic (exact) mass is 377 g/mol. The predicted octanol–water partition coefficient (Wildman–Crippen LogP) is 6.05. The number of esters is 1. The van der Waals surface area contributed by atoms with Gasteiger partial charge in [-0.1, -0.05) is 39.8 Å². The lowest BCUT2D eigenvalue weighted by atomic mass is 9.87. The second-order valence-electron chi connectivity index (χ2n) is 6.78. The number of pyridine rings is 1. The van der Waals surface area contributed by atoms with Crippen molar-refractivity contribution in [2.75, 3.05) is 6.61 Å². The highest BCUT2D eigenvalue weighted by molar-refractivity contribution is 6.18. The molecule has 5 heteroatoms. The number of hydrogen-bond donors (Lipinski definition) is 0. The smallest absolute Gasteiger partial charge is 0.340 e. The molecular weight excluding hydrogens is 353 g/mol. The van der Waals surface area contributed by atoms with Crippen LogP contribution in [0.25, 0.3) is 11.1 Å². The molecule has 0 saturated carbocycles. The summed E-state index contributed by atoms with van der Waals surface area (Å²) < 4.78 is 18.8. The van der Waals surface area contributed by atoms with E-state index in [2.05, 4.69) is 0 Å². The zero-order valence-corrected chi connectivity index (χ0v) is 16.7. The lowest BCUT2D eigenvalue weighted by Crippen LogP contribution is -2.17. The third-order valence-electron chi connectivity index (χ3n) is 4.20. The lowest BCUT2D eigenvalue weighted by molar-refractivity contribution is 0.0524. The number of ether oxygens (including phenoxy) is 1. The molecule has 0 N–H and O–H groups in total. The molecule has 26 heavy (non-hydrogen) atoms. The normalized spacial score (nSPS) is 11.3. The Morgan fingerprint density at radius 2 is 1.69 bits per heavy atom. The number of carbonyl (C=O) groups is 1. The molecule has 0 atom stereocenters. The van der Waals surface area contributed by atoms with E-state index in [0.717, 1.165) is 16.8 Å². The minimum absolute atomic E-state index is 0.0236. The van der Waals surface area contributed by atoms with E-state index in [1.165, 1.54) is 12.1 Å². The van der Waals surface area contributed by atoms with Crippen LogP contribution in [-0.2, 0) is 10.6 Å². The molecule has 1 aromatic carbocycles. The zero-order valence-electron chi connectivity index (χ0n) is 15.9. The molecule has 0 aliphatic carbocycles. The molecule has 0 saturated heterocycles. The first-order valence-corrected chi connectivity index (χ1v) is 9.40. The molecule has 140 valence electrons. The van der Waals surface area contributed by atoms with E-state index in [0.29, 0.717) is 16.8 Å². The number of rotatable bonds is 6. The van der Waals surface area contributed by atoms with Gasteiger partial charge in [-0.05, 0) is 42.0 Å². The zero-order chi connectivity index (χ0) is 19.4. The number of hydrogen-bond acceptors (Lipinski definition) is 3. The molecule has 2 rings (SSSR count). The topological polar surface area (TPSA) is 39.2 Å². The Bertz CT molecular complexity index is 786. The molecular formula is C21H25ClFNO2. The molecule has 0 amide bonds. The van der Waals surface area contributed by atoms with E-state index >= 15 is 0 Å². The van der Waals surface area contributed by atoms with Crippen LogP contribution in [-0.4, -0.2) is 17.6 Å². The molecule has 0 radical (unpaired) electrons. The second-order valence-corrected chi connectivity index (χ2v) is 7.05. The summed E-state index contributed by atoms with van der Waals surface area (Å²) in [7, 11) is 0. The third-order valence-corrected chi connectivity index (χ3v) is 4.47. The highest BCUT2D eigenvalue weighted by atomic mass is 35.5. The first kappa shape index (κ1) is 20.4. The molecule has 1 aromatic heterocycles. The summed E-state index contributed by atoms with van der Waals surface area (Å²) in [5, 5.41) is 0. The van der Waals surface area contributed by atoms with Crippen molar-refractivity contribution in [3.63, 3.8) is 0 Å². The van der Waals surface area contributed by atoms with E-state index in [-0.39, 0.29) is 30.1 Å². The third kappa shape index (κ3) is 4.07. The van der Waals surface area contributed by atoms with Crippen molar-refractivity contribution in [2.24, 2.45) is 0 Å². The maximum atomic E-state index is 13.4. The van der Waals surface area contributed by atoms with Crippen molar-refractivity contribution in [2.45, 2.75) is 52.3 Å². The van der Waals surface area contributed by atoms with Crippen LogP contribution >= 0.6 is 11.6 Å². The standard InChI is InChI=1S/C21H25ClFNO2/c1-6-26-21(25)18-17(14-7-9-15(23)10-8-14)16(11-22)19(12(2)3)24-20(18)13(4)5/h7-10,12-13H,6,11H2,1-5H3. The van der Waals surface area contributed by atoms with Gasteiger partial charge in [0.1, 0.15) is 5.82 Å². The van der Waals surface area contributed by atoms with Crippen LogP contribution in [0, 0.1) is 5.82 Å². The van der Waals surface area contributed by atoms with Gasteiger partial charge in [0.2, 0.25) is 0 Å². The number of halogens is 2. The summed E-state index contributed by atoms with van der Waals surface area (Å²) >= 11 is 6.28. The predicted molar refractivity (Wildman–Crippen MR) is 103 cm³/mol. The van der Waals surface area contributed by atoms with Crippen LogP contribution in [0.15, 0.2) is 24.3 Å². The summed E-state index contributed by atoms with van der Waals surface area (Å²) in [6, 6.07) is 6.09. The Morgan fingerprint density at radius 3 is 2.15 bits per heavy atom. The average molecular weight is 378 g/mol. The maximum Gasteiger partial charge on any atom is 0.340 e. The van der Waals surface area contributed by atoms with Gasteiger partial charge in [0.05, 0.1) is 17.9 Å². The van der Waals surface area contributed by atoms with E-state index in [1.54, 1.807) is 19.1 Å². The Kier molecular flexibility index (Phi) is 6.76. The van der Waals surface area contributed by atoms with Gasteiger partial charge in [0, 0.05) is 17.1 Å². The molecule has 3 nitrogen and oxygen atoms in total. The number of carbonyl (C=O) groups excluding carboxylic acids is 1. The molecule has 1 heterocycles. The van der Waals surface area contributed by atoms with Crippen LogP contribution in [0.1, 0.15) is 73.8 Å². The first-order chi connectivity index (χ1) is 12.3. The highest BCUT2D eigenvalue weighted by Crippen LogP contribution is 2.37. The van der Waals surface area contributed by atoms with Crippen molar-refractivity contribution in [3.05, 3.63) is 52.6 Å². The highest BCUT2D eigenvalue weighted by Gasteiger charge is 2.28. The molecule has 0 unspecified atom stereocenters. The maximum absolute atomic E-state index is 13.4. The minimum atomic E-state index is -0.426. The summed E-state index contributed by atoms with van der Waals surface area (Å²) in [6.45, 7) is 10.1. The fourth-order valence-electron chi connectivity index (χ4n) is 3.04. The number of nitrogens with zero attached hydrogens (tertiary/aromatic N) is 1. The summed E-state index contributed by atoms with van der Waals surface area (Å²) in [5.74, 6) is -0.393. The van der Waals surface area contributed by atoms with Crippen molar-refractivity contribution >= 4 is 17.6 Å². The quantitative estimate of drug-likeness (QED) is 0.454. The Labute approximate surface area is 159 Å². The van der Waals surface area contributed by atoms with Crippen LogP contribution in [0.5, 0.6) is 0 Å². The largest absolute Gasteiger partial charge is 0.462 e. The van der Waals surface area contributed by atoms with Gasteiger partial charge in [-0.15, -0.1) is 11.6 Å². The number of aromatic nitrogens is 1. The van der Waals surface area contributed by atoms with Crippen LogP contribution in [0.3, 0.4) is 0 Å². The van der Waals surface area contributed by atoms with Gasteiger partial charge in [-0.25, -0.2) is 9.18 Å². The Hall–Kier alpha value is -1.94. The van der Waals surface area contributed by atoms with Crippen molar-refractivity contribution in [3.8, 4) is 11.1 Å². The van der Waals surface area contributed by atoms with Gasteiger partial charge in [0.15, 0.2) is 0 Å². The van der Waals surface area contributed by atoms with Crippen molar-refractivity contribution in [1.29, 1.82) is 0 Å². The minimum Gasteiger partial charge on any atom is -0.462 e. The molecule has 0 bridgehead atoms. The lowest BCUT2D eigenvalue weighted by Gasteiger charge is -2.23. The van der Waals surface area contributed by atoms with Crippen molar-refractivity contribution < 1.29 is 13.9 Å². The molecule has 0 spiro atoms. The van der Waals surface area contributed by atoms with E-state index in [1.807, 2.05) is 27.7 Å². The van der Waals surface area contributed by atoms with Crippen molar-refractivity contribution in [1.82, 2.24) is 4.98 Å². The van der Waals surface area contributed by atoms with Gasteiger partial charge in [-0.3, -0.25) is 4.98 Å². The number of benzene rings is 1. The fourth-order valence-corrected chi connectivity index (χ4v) is 3.31. The molecule has 0 aliphatic rings. The first-order valence-electron chi connectivity index (χ1n) is 8.87. The SMILES string of the molecule is CCOC(=O)c1c(C(C)C)nc(C(C)C)c(CCl)c1-c1ccc(F)cc1. The average Bonchev–Trinajstić information content (AvgIpc) is 2.60. The molecule has 0 fully saturated rings. The van der Waals surface area contributed by atoms with Gasteiger partial charge < -0.3 is 4.74 Å². The Balaban J connectivity index is 2.93. The molecule has 0 aliphatic heterocycles. The summed E-state index contributed by atoms with van der Waals surface area (Å²) in [5.41, 5.74) is 4.18. The second kappa shape index (κ2) is 8.63. The Morgan fingerprint density at radius 1 is 1.12 bits per heavy atom. The summed E-state index contributed by atoms with van der Waals surface area (Å²) in [6.07, 6.45) is 0.